The summed E-state index contributed by atoms with van der Waals surface area (Å²) < 4.78 is 27.0. The molecule has 0 bridgehead atoms. The maximum absolute atomic E-state index is 12.3. The maximum Gasteiger partial charge on any atom is 0.261 e. The van der Waals surface area contributed by atoms with Gasteiger partial charge in [-0.25, -0.2) is 8.42 Å². The third-order valence-electron chi connectivity index (χ3n) is 2.66. The summed E-state index contributed by atoms with van der Waals surface area (Å²) in [6.45, 7) is 0. The molecule has 0 atom stereocenters. The van der Waals surface area contributed by atoms with Crippen LogP contribution in [0.1, 0.15) is 5.56 Å². The van der Waals surface area contributed by atoms with E-state index in [4.69, 9.17) is 22.5 Å². The maximum atomic E-state index is 12.3. The first-order valence-corrected chi connectivity index (χ1v) is 7.65. The Balaban J connectivity index is 2.43. The van der Waals surface area contributed by atoms with E-state index in [1.165, 1.54) is 30.3 Å². The molecule has 0 aliphatic rings. The van der Waals surface area contributed by atoms with Crippen molar-refractivity contribution in [1.29, 1.82) is 0 Å². The number of nitrogens with zero attached hydrogens (tertiary/aromatic N) is 1. The number of amidine groups is 1. The summed E-state index contributed by atoms with van der Waals surface area (Å²) in [6.07, 6.45) is 0. The molecule has 0 fully saturated rings. The lowest BCUT2D eigenvalue weighted by atomic mass is 10.2. The second kappa shape index (κ2) is 6.02. The molecule has 0 unspecified atom stereocenters. The van der Waals surface area contributed by atoms with Crippen molar-refractivity contribution in [2.24, 2.45) is 10.9 Å². The summed E-state index contributed by atoms with van der Waals surface area (Å²) in [5, 5.41) is 11.9. The van der Waals surface area contributed by atoms with Crippen molar-refractivity contribution in [3.05, 3.63) is 59.1 Å². The first-order chi connectivity index (χ1) is 9.94. The predicted molar refractivity (Wildman–Crippen MR) is 81.2 cm³/mol. The lowest BCUT2D eigenvalue weighted by molar-refractivity contribution is 0.318. The van der Waals surface area contributed by atoms with Crippen molar-refractivity contribution in [3.63, 3.8) is 0 Å². The van der Waals surface area contributed by atoms with Crippen LogP contribution in [0.5, 0.6) is 0 Å². The van der Waals surface area contributed by atoms with Gasteiger partial charge in [-0.1, -0.05) is 35.0 Å². The average Bonchev–Trinajstić information content (AvgIpc) is 2.46. The summed E-state index contributed by atoms with van der Waals surface area (Å²) in [6, 6.07) is 12.2. The summed E-state index contributed by atoms with van der Waals surface area (Å²) in [7, 11) is -3.83. The number of halogens is 1. The van der Waals surface area contributed by atoms with Crippen molar-refractivity contribution in [1.82, 2.24) is 0 Å². The minimum atomic E-state index is -3.83. The molecular weight excluding hydrogens is 314 g/mol. The summed E-state index contributed by atoms with van der Waals surface area (Å²) in [5.74, 6) is -0.195. The zero-order valence-corrected chi connectivity index (χ0v) is 12.3. The zero-order valence-electron chi connectivity index (χ0n) is 10.7. The lowest BCUT2D eigenvalue weighted by Crippen LogP contribution is -2.19. The normalized spacial score (nSPS) is 12.1. The Morgan fingerprint density at radius 3 is 2.57 bits per heavy atom. The van der Waals surface area contributed by atoms with Crippen molar-refractivity contribution in [3.8, 4) is 0 Å². The highest BCUT2D eigenvalue weighted by atomic mass is 35.5. The fourth-order valence-corrected chi connectivity index (χ4v) is 3.07. The molecule has 0 saturated heterocycles. The number of anilines is 1. The van der Waals surface area contributed by atoms with Gasteiger partial charge in [0.05, 0.1) is 10.6 Å². The van der Waals surface area contributed by atoms with Gasteiger partial charge >= 0.3 is 0 Å². The molecule has 0 radical (unpaired) electrons. The molecule has 0 aliphatic heterocycles. The Morgan fingerprint density at radius 2 is 1.90 bits per heavy atom. The second-order valence-electron chi connectivity index (χ2n) is 4.09. The van der Waals surface area contributed by atoms with E-state index in [1.54, 1.807) is 18.2 Å². The van der Waals surface area contributed by atoms with Gasteiger partial charge in [-0.05, 0) is 30.3 Å². The molecule has 0 aliphatic carbocycles. The molecular formula is C13H12ClN3O3S. The number of nitrogens with one attached hydrogen (secondary N) is 1. The van der Waals surface area contributed by atoms with Gasteiger partial charge in [0.25, 0.3) is 10.0 Å². The molecule has 21 heavy (non-hydrogen) atoms. The number of sulfonamides is 1. The molecule has 2 aromatic carbocycles. The Kier molecular flexibility index (Phi) is 4.35. The number of para-hydroxylation sites is 1. The van der Waals surface area contributed by atoms with Crippen LogP contribution in [-0.2, 0) is 10.0 Å². The highest BCUT2D eigenvalue weighted by Crippen LogP contribution is 2.21. The first kappa shape index (κ1) is 15.1. The molecule has 8 heteroatoms. The fraction of sp³-hybridized carbons (Fsp3) is 0. The lowest BCUT2D eigenvalue weighted by Gasteiger charge is -2.11. The Hall–Kier alpha value is -2.25. The van der Waals surface area contributed by atoms with E-state index in [0.29, 0.717) is 5.02 Å². The third-order valence-corrected chi connectivity index (χ3v) is 4.26. The van der Waals surface area contributed by atoms with Crippen LogP contribution in [0.3, 0.4) is 0 Å². The monoisotopic (exact) mass is 325 g/mol. The standard InChI is InChI=1S/C13H12ClN3O3S/c14-9-4-3-5-10(8-9)21(19,20)17-12-7-2-1-6-11(12)13(15)16-18/h1-8,17-18H,(H2,15,16). The Morgan fingerprint density at radius 1 is 1.19 bits per heavy atom. The summed E-state index contributed by atoms with van der Waals surface area (Å²) in [4.78, 5) is 0.0179. The number of oxime groups is 1. The minimum absolute atomic E-state index is 0.0179. The van der Waals surface area contributed by atoms with E-state index in [0.717, 1.165) is 0 Å². The summed E-state index contributed by atoms with van der Waals surface area (Å²) in [5.41, 5.74) is 5.99. The SMILES string of the molecule is N/C(=N/O)c1ccccc1NS(=O)(=O)c1cccc(Cl)c1. The van der Waals surface area contributed by atoms with Gasteiger partial charge in [0, 0.05) is 10.6 Å². The average molecular weight is 326 g/mol. The molecule has 0 spiro atoms. The molecule has 110 valence electrons. The molecule has 6 nitrogen and oxygen atoms in total. The quantitative estimate of drug-likeness (QED) is 0.347. The predicted octanol–water partition coefficient (Wildman–Crippen LogP) is 2.24. The topological polar surface area (TPSA) is 105 Å². The highest BCUT2D eigenvalue weighted by Gasteiger charge is 2.17. The van der Waals surface area contributed by atoms with E-state index >= 15 is 0 Å². The van der Waals surface area contributed by atoms with Gasteiger partial charge < -0.3 is 10.9 Å². The highest BCUT2D eigenvalue weighted by molar-refractivity contribution is 7.92. The van der Waals surface area contributed by atoms with Crippen LogP contribution in [0.4, 0.5) is 5.69 Å². The number of hydrogen-bond donors (Lipinski definition) is 3. The van der Waals surface area contributed by atoms with Crippen LogP contribution in [0.2, 0.25) is 5.02 Å². The molecule has 0 aromatic heterocycles. The number of nitrogens with two attached hydrogens (primary N) is 1. The first-order valence-electron chi connectivity index (χ1n) is 5.79. The van der Waals surface area contributed by atoms with Gasteiger partial charge in [-0.3, -0.25) is 4.72 Å². The van der Waals surface area contributed by atoms with E-state index in [9.17, 15) is 8.42 Å². The van der Waals surface area contributed by atoms with E-state index in [2.05, 4.69) is 9.88 Å². The molecule has 0 saturated carbocycles. The van der Waals surface area contributed by atoms with Gasteiger partial charge in [0.1, 0.15) is 0 Å². The zero-order chi connectivity index (χ0) is 15.5. The van der Waals surface area contributed by atoms with Crippen LogP contribution in [0, 0.1) is 0 Å². The molecule has 0 heterocycles. The Bertz CT molecular complexity index is 791. The number of hydrogen-bond acceptors (Lipinski definition) is 4. The largest absolute Gasteiger partial charge is 0.409 e. The van der Waals surface area contributed by atoms with Gasteiger partial charge in [-0.15, -0.1) is 0 Å². The number of rotatable bonds is 4. The molecule has 2 rings (SSSR count). The van der Waals surface area contributed by atoms with Crippen LogP contribution in [0.25, 0.3) is 0 Å². The molecule has 2 aromatic rings. The third kappa shape index (κ3) is 3.45. The van der Waals surface area contributed by atoms with Gasteiger partial charge in [0.2, 0.25) is 0 Å². The van der Waals surface area contributed by atoms with Crippen LogP contribution >= 0.6 is 11.6 Å². The van der Waals surface area contributed by atoms with E-state index in [-0.39, 0.29) is 22.0 Å². The van der Waals surface area contributed by atoms with Crippen LogP contribution < -0.4 is 10.5 Å². The minimum Gasteiger partial charge on any atom is -0.409 e. The van der Waals surface area contributed by atoms with E-state index in [1.807, 2.05) is 0 Å². The smallest absolute Gasteiger partial charge is 0.261 e. The van der Waals surface area contributed by atoms with Crippen molar-refractivity contribution >= 4 is 33.1 Å². The van der Waals surface area contributed by atoms with E-state index < -0.39 is 10.0 Å². The molecule has 4 N–H and O–H groups in total. The second-order valence-corrected chi connectivity index (χ2v) is 6.21. The fourth-order valence-electron chi connectivity index (χ4n) is 1.69. The van der Waals surface area contributed by atoms with Gasteiger partial charge in [0.15, 0.2) is 5.84 Å². The van der Waals surface area contributed by atoms with Crippen molar-refractivity contribution in [2.45, 2.75) is 4.90 Å². The Labute approximate surface area is 126 Å². The van der Waals surface area contributed by atoms with Crippen LogP contribution in [0.15, 0.2) is 58.6 Å². The molecule has 0 amide bonds. The van der Waals surface area contributed by atoms with Crippen molar-refractivity contribution in [2.75, 3.05) is 4.72 Å². The number of benzene rings is 2. The van der Waals surface area contributed by atoms with Crippen LogP contribution in [-0.4, -0.2) is 19.5 Å². The van der Waals surface area contributed by atoms with Crippen molar-refractivity contribution < 1.29 is 13.6 Å². The van der Waals surface area contributed by atoms with Gasteiger partial charge in [-0.2, -0.15) is 0 Å². The summed E-state index contributed by atoms with van der Waals surface area (Å²) >= 11 is 5.79.